The first kappa shape index (κ1) is 19.8. The van der Waals surface area contributed by atoms with Gasteiger partial charge in [0.05, 0.1) is 0 Å². The smallest absolute Gasteiger partial charge is 0.275 e. The largest absolute Gasteiger partial charge is 0.352 e. The van der Waals surface area contributed by atoms with Gasteiger partial charge in [-0.1, -0.05) is 30.3 Å². The van der Waals surface area contributed by atoms with Crippen molar-refractivity contribution in [3.05, 3.63) is 53.3 Å². The van der Waals surface area contributed by atoms with Crippen LogP contribution in [-0.2, 0) is 17.9 Å². The van der Waals surface area contributed by atoms with E-state index >= 15 is 0 Å². The summed E-state index contributed by atoms with van der Waals surface area (Å²) in [5, 5.41) is 7.47. The van der Waals surface area contributed by atoms with Crippen LogP contribution >= 0.6 is 0 Å². The third-order valence-corrected chi connectivity index (χ3v) is 6.26. The fourth-order valence-electron chi connectivity index (χ4n) is 4.45. The molecule has 8 heteroatoms. The molecule has 162 valence electrons. The normalized spacial score (nSPS) is 21.0. The summed E-state index contributed by atoms with van der Waals surface area (Å²) < 4.78 is 1.65. The van der Waals surface area contributed by atoms with Crippen molar-refractivity contribution in [1.82, 2.24) is 24.9 Å². The Morgan fingerprint density at radius 1 is 1.03 bits per heavy atom. The van der Waals surface area contributed by atoms with Crippen molar-refractivity contribution in [2.45, 2.75) is 57.3 Å². The molecule has 3 amide bonds. The standard InChI is InChI=1S/C23H27N5O3/c29-21(24-17-9-10-17)19-8-4-12-27(19)22(30)18-14-20-23(31)26(11-5-13-28(20)25-18)15-16-6-2-1-3-7-16/h1-3,6-7,14,17,19H,4-5,8-13,15H2,(H,24,29)/t19-/m0/s1. The lowest BCUT2D eigenvalue weighted by molar-refractivity contribution is -0.125. The number of likely N-dealkylation sites (tertiary alicyclic amines) is 1. The van der Waals surface area contributed by atoms with Crippen LogP contribution in [0, 0.1) is 0 Å². The van der Waals surface area contributed by atoms with Crippen LogP contribution in [0.1, 0.15) is 58.6 Å². The Labute approximate surface area is 181 Å². The molecule has 1 atom stereocenters. The molecule has 2 aromatic rings. The number of nitrogens with one attached hydrogen (secondary N) is 1. The second-order valence-electron chi connectivity index (χ2n) is 8.64. The average molecular weight is 422 g/mol. The summed E-state index contributed by atoms with van der Waals surface area (Å²) in [5.41, 5.74) is 1.76. The second kappa shape index (κ2) is 8.17. The monoisotopic (exact) mass is 421 g/mol. The number of fused-ring (bicyclic) bond motifs is 1. The highest BCUT2D eigenvalue weighted by Crippen LogP contribution is 2.24. The number of nitrogens with zero attached hydrogens (tertiary/aromatic N) is 4. The van der Waals surface area contributed by atoms with E-state index in [0.717, 1.165) is 31.2 Å². The van der Waals surface area contributed by atoms with Gasteiger partial charge in [0.25, 0.3) is 11.8 Å². The van der Waals surface area contributed by atoms with Crippen LogP contribution in [-0.4, -0.2) is 62.5 Å². The molecule has 0 spiro atoms. The molecule has 31 heavy (non-hydrogen) atoms. The first-order valence-corrected chi connectivity index (χ1v) is 11.1. The molecule has 1 aromatic heterocycles. The maximum absolute atomic E-state index is 13.2. The van der Waals surface area contributed by atoms with Crippen LogP contribution in [0.3, 0.4) is 0 Å². The number of hydrogen-bond acceptors (Lipinski definition) is 4. The van der Waals surface area contributed by atoms with E-state index < -0.39 is 6.04 Å². The summed E-state index contributed by atoms with van der Waals surface area (Å²) in [5.74, 6) is -0.451. The van der Waals surface area contributed by atoms with Crippen LogP contribution in [0.4, 0.5) is 0 Å². The molecule has 1 aromatic carbocycles. The predicted molar refractivity (Wildman–Crippen MR) is 113 cm³/mol. The Bertz CT molecular complexity index is 998. The Morgan fingerprint density at radius 3 is 2.61 bits per heavy atom. The van der Waals surface area contributed by atoms with Crippen molar-refractivity contribution in [1.29, 1.82) is 0 Å². The zero-order chi connectivity index (χ0) is 21.4. The number of aryl methyl sites for hydroxylation is 1. The molecule has 3 aliphatic rings. The zero-order valence-corrected chi connectivity index (χ0v) is 17.5. The highest BCUT2D eigenvalue weighted by Gasteiger charge is 2.38. The van der Waals surface area contributed by atoms with Gasteiger partial charge < -0.3 is 15.1 Å². The van der Waals surface area contributed by atoms with Gasteiger partial charge in [0, 0.05) is 38.3 Å². The summed E-state index contributed by atoms with van der Waals surface area (Å²) in [7, 11) is 0. The van der Waals surface area contributed by atoms with Crippen LogP contribution in [0.25, 0.3) is 0 Å². The Hall–Kier alpha value is -3.16. The van der Waals surface area contributed by atoms with Crippen LogP contribution in [0.5, 0.6) is 0 Å². The van der Waals surface area contributed by atoms with E-state index in [2.05, 4.69) is 10.4 Å². The first-order valence-electron chi connectivity index (χ1n) is 11.1. The van der Waals surface area contributed by atoms with Gasteiger partial charge in [-0.3, -0.25) is 19.1 Å². The molecule has 3 heterocycles. The molecule has 5 rings (SSSR count). The SMILES string of the molecule is O=C(NC1CC1)[C@@H]1CCCN1C(=O)c1cc2n(n1)CCCN(Cc1ccccc1)C2=O. The summed E-state index contributed by atoms with van der Waals surface area (Å²) in [6, 6.07) is 11.3. The molecule has 1 saturated carbocycles. The van der Waals surface area contributed by atoms with Gasteiger partial charge in [0.2, 0.25) is 5.91 Å². The van der Waals surface area contributed by atoms with Crippen LogP contribution in [0.15, 0.2) is 36.4 Å². The zero-order valence-electron chi connectivity index (χ0n) is 17.5. The molecular weight excluding hydrogens is 394 g/mol. The van der Waals surface area contributed by atoms with E-state index in [9.17, 15) is 14.4 Å². The lowest BCUT2D eigenvalue weighted by atomic mass is 10.2. The molecule has 0 unspecified atom stereocenters. The lowest BCUT2D eigenvalue weighted by Gasteiger charge is -2.23. The van der Waals surface area contributed by atoms with E-state index in [0.29, 0.717) is 38.3 Å². The van der Waals surface area contributed by atoms with Crippen LogP contribution < -0.4 is 5.32 Å². The van der Waals surface area contributed by atoms with Crippen molar-refractivity contribution in [2.24, 2.45) is 0 Å². The molecule has 1 saturated heterocycles. The molecule has 1 N–H and O–H groups in total. The van der Waals surface area contributed by atoms with E-state index in [1.165, 1.54) is 0 Å². The minimum atomic E-state index is -0.445. The van der Waals surface area contributed by atoms with Crippen molar-refractivity contribution < 1.29 is 14.4 Å². The topological polar surface area (TPSA) is 87.5 Å². The van der Waals surface area contributed by atoms with Gasteiger partial charge >= 0.3 is 0 Å². The fraction of sp³-hybridized carbons (Fsp3) is 0.478. The number of aromatic nitrogens is 2. The quantitative estimate of drug-likeness (QED) is 0.798. The molecule has 1 aliphatic carbocycles. The highest BCUT2D eigenvalue weighted by molar-refractivity contribution is 6.00. The van der Waals surface area contributed by atoms with Crippen molar-refractivity contribution in [2.75, 3.05) is 13.1 Å². The Morgan fingerprint density at radius 2 is 1.84 bits per heavy atom. The summed E-state index contributed by atoms with van der Waals surface area (Å²) in [4.78, 5) is 42.4. The van der Waals surface area contributed by atoms with E-state index in [-0.39, 0.29) is 29.5 Å². The third-order valence-electron chi connectivity index (χ3n) is 6.26. The average Bonchev–Trinajstić information content (AvgIpc) is 3.32. The second-order valence-corrected chi connectivity index (χ2v) is 8.64. The fourth-order valence-corrected chi connectivity index (χ4v) is 4.45. The number of benzene rings is 1. The van der Waals surface area contributed by atoms with E-state index in [4.69, 9.17) is 0 Å². The van der Waals surface area contributed by atoms with Crippen LogP contribution in [0.2, 0.25) is 0 Å². The number of amides is 3. The van der Waals surface area contributed by atoms with Crippen molar-refractivity contribution in [3.63, 3.8) is 0 Å². The minimum absolute atomic E-state index is 0.0702. The first-order chi connectivity index (χ1) is 15.1. The molecule has 8 nitrogen and oxygen atoms in total. The summed E-state index contributed by atoms with van der Waals surface area (Å²) in [6.07, 6.45) is 4.27. The molecule has 2 fully saturated rings. The lowest BCUT2D eigenvalue weighted by Crippen LogP contribution is -2.46. The number of carbonyl (C=O) groups excluding carboxylic acids is 3. The van der Waals surface area contributed by atoms with Gasteiger partial charge in [-0.15, -0.1) is 0 Å². The number of carbonyl (C=O) groups is 3. The van der Waals surface area contributed by atoms with E-state index in [1.807, 2.05) is 35.2 Å². The maximum Gasteiger partial charge on any atom is 0.275 e. The number of rotatable bonds is 5. The van der Waals surface area contributed by atoms with E-state index in [1.54, 1.807) is 15.6 Å². The Kier molecular flexibility index (Phi) is 5.21. The van der Waals surface area contributed by atoms with Gasteiger partial charge in [-0.25, -0.2) is 0 Å². The highest BCUT2D eigenvalue weighted by atomic mass is 16.2. The maximum atomic E-state index is 13.2. The van der Waals surface area contributed by atoms with Gasteiger partial charge in [0.1, 0.15) is 11.7 Å². The predicted octanol–water partition coefficient (Wildman–Crippen LogP) is 1.81. The van der Waals surface area contributed by atoms with Gasteiger partial charge in [-0.2, -0.15) is 5.10 Å². The minimum Gasteiger partial charge on any atom is -0.352 e. The number of hydrogen-bond donors (Lipinski definition) is 1. The summed E-state index contributed by atoms with van der Waals surface area (Å²) >= 11 is 0. The van der Waals surface area contributed by atoms with Crippen molar-refractivity contribution in [3.8, 4) is 0 Å². The molecule has 0 radical (unpaired) electrons. The Balaban J connectivity index is 1.33. The van der Waals surface area contributed by atoms with Crippen molar-refractivity contribution >= 4 is 17.7 Å². The molecule has 0 bridgehead atoms. The molecular formula is C23H27N5O3. The van der Waals surface area contributed by atoms with Gasteiger partial charge in [-0.05, 0) is 37.7 Å². The van der Waals surface area contributed by atoms with Gasteiger partial charge in [0.15, 0.2) is 5.69 Å². The third kappa shape index (κ3) is 4.06. The molecule has 2 aliphatic heterocycles. The summed E-state index contributed by atoms with van der Waals surface area (Å²) in [6.45, 7) is 2.31.